The number of hydrogen-bond acceptors (Lipinski definition) is 4. The van der Waals surface area contributed by atoms with E-state index in [1.807, 2.05) is 12.1 Å². The van der Waals surface area contributed by atoms with Gasteiger partial charge >= 0.3 is 18.2 Å². The fourth-order valence-corrected chi connectivity index (χ4v) is 3.52. The van der Waals surface area contributed by atoms with Gasteiger partial charge in [0.1, 0.15) is 6.54 Å². The maximum atomic E-state index is 13.3. The van der Waals surface area contributed by atoms with Crippen molar-refractivity contribution in [3.8, 4) is 12.1 Å². The molecule has 32 heavy (non-hydrogen) atoms. The summed E-state index contributed by atoms with van der Waals surface area (Å²) >= 11 is 0. The minimum atomic E-state index is -4.66. The van der Waals surface area contributed by atoms with Crippen LogP contribution in [-0.4, -0.2) is 28.6 Å². The van der Waals surface area contributed by atoms with Crippen LogP contribution < -0.4 is 4.90 Å². The van der Waals surface area contributed by atoms with Crippen LogP contribution in [0.3, 0.4) is 0 Å². The number of hydrogen-bond donors (Lipinski definition) is 1. The van der Waals surface area contributed by atoms with Crippen molar-refractivity contribution in [2.45, 2.75) is 19.1 Å². The molecular formula is C22H15F3N4O3. The molecular weight excluding hydrogens is 425 g/mol. The Morgan fingerprint density at radius 1 is 1.12 bits per heavy atom. The number of benzene rings is 2. The number of carboxylic acid groups (broad SMARTS) is 1. The van der Waals surface area contributed by atoms with Crippen LogP contribution in [0.2, 0.25) is 0 Å². The molecule has 0 bridgehead atoms. The maximum Gasteiger partial charge on any atom is 0.416 e. The summed E-state index contributed by atoms with van der Waals surface area (Å²) in [6.45, 7) is 0.614. The number of allylic oxidation sites excluding steroid dienone is 1. The quantitative estimate of drug-likeness (QED) is 0.756. The lowest BCUT2D eigenvalue weighted by atomic mass is 9.93. The number of halogens is 3. The molecule has 0 aliphatic carbocycles. The van der Waals surface area contributed by atoms with Gasteiger partial charge in [-0.3, -0.25) is 9.69 Å². The van der Waals surface area contributed by atoms with Gasteiger partial charge in [-0.1, -0.05) is 18.2 Å². The molecule has 0 fully saturated rings. The zero-order valence-electron chi connectivity index (χ0n) is 16.6. The van der Waals surface area contributed by atoms with E-state index in [9.17, 15) is 33.1 Å². The highest BCUT2D eigenvalue weighted by Crippen LogP contribution is 2.40. The molecule has 0 spiro atoms. The number of amides is 2. The highest BCUT2D eigenvalue weighted by Gasteiger charge is 2.41. The number of alkyl halides is 3. The number of urea groups is 1. The number of aliphatic carboxylic acids is 1. The van der Waals surface area contributed by atoms with Gasteiger partial charge in [0.15, 0.2) is 0 Å². The van der Waals surface area contributed by atoms with Crippen LogP contribution in [0.1, 0.15) is 29.7 Å². The summed E-state index contributed by atoms with van der Waals surface area (Å²) in [6, 6.07) is 11.8. The number of carbonyl (C=O) groups is 2. The summed E-state index contributed by atoms with van der Waals surface area (Å²) in [5, 5.41) is 28.2. The predicted octanol–water partition coefficient (Wildman–Crippen LogP) is 4.44. The number of nitrogens with zero attached hydrogens (tertiary/aromatic N) is 4. The first-order chi connectivity index (χ1) is 15.1. The Labute approximate surface area is 180 Å². The Morgan fingerprint density at radius 3 is 2.31 bits per heavy atom. The number of anilines is 1. The average Bonchev–Trinajstić information content (AvgIpc) is 2.75. The van der Waals surface area contributed by atoms with E-state index in [0.717, 1.165) is 28.0 Å². The van der Waals surface area contributed by atoms with E-state index in [2.05, 4.69) is 0 Å². The number of rotatable bonds is 4. The van der Waals surface area contributed by atoms with Crippen LogP contribution in [0, 0.1) is 22.7 Å². The second-order valence-electron chi connectivity index (χ2n) is 6.93. The third-order valence-corrected chi connectivity index (χ3v) is 4.96. The van der Waals surface area contributed by atoms with Crippen LogP contribution in [0.15, 0.2) is 59.8 Å². The van der Waals surface area contributed by atoms with Gasteiger partial charge in [-0.2, -0.15) is 23.7 Å². The van der Waals surface area contributed by atoms with E-state index < -0.39 is 36.3 Å². The molecule has 2 aromatic carbocycles. The van der Waals surface area contributed by atoms with Gasteiger partial charge in [-0.05, 0) is 42.8 Å². The lowest BCUT2D eigenvalue weighted by Crippen LogP contribution is -2.51. The summed E-state index contributed by atoms with van der Waals surface area (Å²) in [6.07, 6.45) is -4.66. The average molecular weight is 440 g/mol. The summed E-state index contributed by atoms with van der Waals surface area (Å²) in [7, 11) is 0. The van der Waals surface area contributed by atoms with Crippen molar-refractivity contribution in [3.05, 3.63) is 76.5 Å². The smallest absolute Gasteiger partial charge is 0.416 e. The van der Waals surface area contributed by atoms with Crippen LogP contribution >= 0.6 is 0 Å². The van der Waals surface area contributed by atoms with Crippen molar-refractivity contribution in [2.24, 2.45) is 0 Å². The SMILES string of the molecule is CC1=C(C#N)[C@@H](c2ccc(C#N)cc2)N(CC(=O)O)C(=O)N1c1cccc(C(F)(F)F)c1. The van der Waals surface area contributed by atoms with Crippen LogP contribution in [-0.2, 0) is 11.0 Å². The van der Waals surface area contributed by atoms with Gasteiger partial charge in [0.2, 0.25) is 0 Å². The van der Waals surface area contributed by atoms with Crippen molar-refractivity contribution in [3.63, 3.8) is 0 Å². The van der Waals surface area contributed by atoms with Gasteiger partial charge in [-0.25, -0.2) is 4.79 Å². The standard InChI is InChI=1S/C22H15F3N4O3/c1-13-18(11-27)20(15-7-5-14(10-26)6-8-15)28(12-19(30)31)21(32)29(13)17-4-2-3-16(9-17)22(23,24)25/h2-9,20H,12H2,1H3,(H,30,31)/t20-/m1/s1. The highest BCUT2D eigenvalue weighted by molar-refractivity contribution is 5.99. The van der Waals surface area contributed by atoms with E-state index >= 15 is 0 Å². The first-order valence-electron chi connectivity index (χ1n) is 9.19. The Kier molecular flexibility index (Phi) is 5.90. The van der Waals surface area contributed by atoms with Crippen LogP contribution in [0.5, 0.6) is 0 Å². The van der Waals surface area contributed by atoms with Gasteiger partial charge in [0.05, 0.1) is 40.6 Å². The molecule has 0 radical (unpaired) electrons. The summed E-state index contributed by atoms with van der Waals surface area (Å²) in [5.74, 6) is -1.36. The van der Waals surface area contributed by atoms with Gasteiger partial charge in [0, 0.05) is 5.70 Å². The lowest BCUT2D eigenvalue weighted by Gasteiger charge is -2.41. The Bertz CT molecular complexity index is 1190. The van der Waals surface area contributed by atoms with Gasteiger partial charge in [-0.15, -0.1) is 0 Å². The molecule has 1 N–H and O–H groups in total. The molecule has 1 heterocycles. The fraction of sp³-hybridized carbons (Fsp3) is 0.182. The molecule has 2 aromatic rings. The first-order valence-corrected chi connectivity index (χ1v) is 9.19. The Balaban J connectivity index is 2.20. The molecule has 1 aliphatic rings. The molecule has 10 heteroatoms. The predicted molar refractivity (Wildman–Crippen MR) is 106 cm³/mol. The number of carbonyl (C=O) groups excluding carboxylic acids is 1. The maximum absolute atomic E-state index is 13.3. The summed E-state index contributed by atoms with van der Waals surface area (Å²) in [4.78, 5) is 26.6. The van der Waals surface area contributed by atoms with Crippen molar-refractivity contribution in [2.75, 3.05) is 11.4 Å². The molecule has 0 saturated carbocycles. The Morgan fingerprint density at radius 2 is 1.78 bits per heavy atom. The fourth-order valence-electron chi connectivity index (χ4n) is 3.52. The second kappa shape index (κ2) is 8.44. The Hall–Kier alpha value is -4.31. The molecule has 162 valence electrons. The molecule has 1 atom stereocenters. The molecule has 0 aromatic heterocycles. The molecule has 1 aliphatic heterocycles. The molecule has 7 nitrogen and oxygen atoms in total. The second-order valence-corrected chi connectivity index (χ2v) is 6.93. The van der Waals surface area contributed by atoms with Crippen molar-refractivity contribution in [1.82, 2.24) is 4.90 Å². The highest BCUT2D eigenvalue weighted by atomic mass is 19.4. The normalized spacial score (nSPS) is 16.6. The molecule has 3 rings (SSSR count). The van der Waals surface area contributed by atoms with E-state index in [4.69, 9.17) is 5.26 Å². The number of nitriles is 2. The van der Waals surface area contributed by atoms with Crippen molar-refractivity contribution < 1.29 is 27.9 Å². The monoisotopic (exact) mass is 440 g/mol. The lowest BCUT2D eigenvalue weighted by molar-refractivity contribution is -0.138. The van der Waals surface area contributed by atoms with E-state index in [-0.39, 0.29) is 17.0 Å². The van der Waals surface area contributed by atoms with Crippen molar-refractivity contribution in [1.29, 1.82) is 10.5 Å². The zero-order chi connectivity index (χ0) is 23.6. The first kappa shape index (κ1) is 22.4. The van der Waals surface area contributed by atoms with Crippen LogP contribution in [0.4, 0.5) is 23.7 Å². The minimum absolute atomic E-state index is 0.00651. The minimum Gasteiger partial charge on any atom is -0.480 e. The largest absolute Gasteiger partial charge is 0.480 e. The molecule has 2 amide bonds. The van der Waals surface area contributed by atoms with E-state index in [1.165, 1.54) is 37.3 Å². The van der Waals surface area contributed by atoms with Crippen LogP contribution in [0.25, 0.3) is 0 Å². The van der Waals surface area contributed by atoms with Gasteiger partial charge in [0.25, 0.3) is 0 Å². The molecule has 0 unspecified atom stereocenters. The topological polar surface area (TPSA) is 108 Å². The summed E-state index contributed by atoms with van der Waals surface area (Å²) < 4.78 is 39.6. The number of carboxylic acids is 1. The zero-order valence-corrected chi connectivity index (χ0v) is 16.6. The molecule has 0 saturated heterocycles. The van der Waals surface area contributed by atoms with E-state index in [1.54, 1.807) is 0 Å². The van der Waals surface area contributed by atoms with E-state index in [0.29, 0.717) is 11.1 Å². The summed E-state index contributed by atoms with van der Waals surface area (Å²) in [5.41, 5.74) is -0.360. The van der Waals surface area contributed by atoms with Gasteiger partial charge < -0.3 is 10.0 Å². The third-order valence-electron chi connectivity index (χ3n) is 4.96. The third kappa shape index (κ3) is 4.12. The van der Waals surface area contributed by atoms with Crippen molar-refractivity contribution >= 4 is 17.7 Å².